The van der Waals surface area contributed by atoms with Crippen LogP contribution in [0.15, 0.2) is 64.3 Å². The van der Waals surface area contributed by atoms with Crippen LogP contribution in [-0.4, -0.2) is 54.2 Å². The molecule has 4 rings (SSSR count). The number of nitrogens with zero attached hydrogens (tertiary/aromatic N) is 2. The molecule has 5 N–H and O–H groups in total. The number of carbonyl (C=O) groups is 1. The first-order valence-corrected chi connectivity index (χ1v) is 15.0. The van der Waals surface area contributed by atoms with Crippen LogP contribution in [0, 0.1) is 6.92 Å². The number of aliphatic hydroxyl groups excluding tert-OH is 1. The molecule has 10 heteroatoms. The van der Waals surface area contributed by atoms with Gasteiger partial charge in [-0.25, -0.2) is 4.98 Å². The van der Waals surface area contributed by atoms with Gasteiger partial charge in [-0.15, -0.1) is 0 Å². The van der Waals surface area contributed by atoms with Crippen LogP contribution < -0.4 is 26.0 Å². The molecule has 0 aliphatic heterocycles. The van der Waals surface area contributed by atoms with Crippen LogP contribution in [0.25, 0.3) is 5.57 Å². The molecule has 1 saturated carbocycles. The van der Waals surface area contributed by atoms with Crippen molar-refractivity contribution in [1.29, 1.82) is 0 Å². The molecule has 1 fully saturated rings. The molecule has 1 aliphatic rings. The number of aliphatic imine (C=N–C) groups is 1. The van der Waals surface area contributed by atoms with Crippen LogP contribution in [0.2, 0.25) is 0 Å². The van der Waals surface area contributed by atoms with Gasteiger partial charge in [0.1, 0.15) is 29.8 Å². The highest BCUT2D eigenvalue weighted by molar-refractivity contribution is 5.98. The van der Waals surface area contributed by atoms with Crippen LogP contribution in [-0.2, 0) is 13.1 Å². The summed E-state index contributed by atoms with van der Waals surface area (Å²) in [5, 5.41) is 22.1. The molecule has 0 radical (unpaired) electrons. The number of aromatic nitrogens is 1. The zero-order valence-corrected chi connectivity index (χ0v) is 25.4. The van der Waals surface area contributed by atoms with Crippen LogP contribution in [0.3, 0.4) is 0 Å². The van der Waals surface area contributed by atoms with Crippen LogP contribution in [0.4, 0.5) is 5.82 Å². The third kappa shape index (κ3) is 10.9. The van der Waals surface area contributed by atoms with Crippen molar-refractivity contribution in [2.24, 2.45) is 4.99 Å². The largest absolute Gasteiger partial charge is 0.491 e. The normalized spacial score (nSPS) is 13.5. The summed E-state index contributed by atoms with van der Waals surface area (Å²) in [4.78, 5) is 21.8. The SMILES string of the molecule is Cc1ccc(CNC(=O)c2cccnc2NCc2cc(OC(C)C)cc(/C(=C/NC/N=C\CCO)CCNC3CC3)c2)o1. The molecule has 3 aromatic rings. The van der Waals surface area contributed by atoms with Gasteiger partial charge >= 0.3 is 0 Å². The number of nitrogens with one attached hydrogen (secondary N) is 4. The van der Waals surface area contributed by atoms with Gasteiger partial charge < -0.3 is 35.5 Å². The monoisotopic (exact) mass is 588 g/mol. The fraction of sp³-hybridized carbons (Fsp3) is 0.424. The molecule has 0 spiro atoms. The van der Waals surface area contributed by atoms with Crippen molar-refractivity contribution >= 4 is 23.5 Å². The third-order valence-corrected chi connectivity index (χ3v) is 6.69. The predicted molar refractivity (Wildman–Crippen MR) is 170 cm³/mol. The first-order chi connectivity index (χ1) is 20.9. The minimum Gasteiger partial charge on any atom is -0.491 e. The quantitative estimate of drug-likeness (QED) is 0.106. The summed E-state index contributed by atoms with van der Waals surface area (Å²) < 4.78 is 11.7. The first kappa shape index (κ1) is 31.8. The standard InChI is InChI=1S/C33H44N6O4/c1-23(2)42-30-17-25(16-27(18-30)26(11-14-36-28-8-9-28)20-35-22-34-12-5-15-40)19-38-32-31(6-4-13-37-32)33(41)39-21-29-10-7-24(3)43-29/h4,6-7,10,12-13,16-18,20,23,28,35-36,40H,5,8-9,11,14-15,19,21-22H2,1-3H3,(H,37,38)(H,39,41)/b26-20+,34-12-. The first-order valence-electron chi connectivity index (χ1n) is 15.0. The number of pyridine rings is 1. The number of aryl methyl sites for hydroxylation is 1. The van der Waals surface area contributed by atoms with Gasteiger partial charge in [-0.05, 0) is 106 Å². The number of hydrogen-bond acceptors (Lipinski definition) is 9. The number of hydrogen-bond donors (Lipinski definition) is 5. The van der Waals surface area contributed by atoms with Gasteiger partial charge in [0.2, 0.25) is 0 Å². The van der Waals surface area contributed by atoms with E-state index in [1.165, 1.54) is 12.8 Å². The second-order valence-electron chi connectivity index (χ2n) is 10.9. The molecule has 1 aliphatic carbocycles. The van der Waals surface area contributed by atoms with Gasteiger partial charge in [0, 0.05) is 44.2 Å². The Balaban J connectivity index is 1.50. The smallest absolute Gasteiger partial charge is 0.255 e. The van der Waals surface area contributed by atoms with E-state index in [1.54, 1.807) is 24.5 Å². The van der Waals surface area contributed by atoms with Gasteiger partial charge in [0.25, 0.3) is 5.91 Å². The van der Waals surface area contributed by atoms with Gasteiger partial charge in [-0.1, -0.05) is 0 Å². The molecule has 1 amide bonds. The molecule has 0 unspecified atom stereocenters. The maximum absolute atomic E-state index is 13.0. The van der Waals surface area contributed by atoms with Gasteiger partial charge in [0.05, 0.1) is 18.2 Å². The Morgan fingerprint density at radius 2 is 2.07 bits per heavy atom. The Labute approximate surface area is 254 Å². The molecule has 0 bridgehead atoms. The molecule has 10 nitrogen and oxygen atoms in total. The van der Waals surface area contributed by atoms with E-state index in [-0.39, 0.29) is 18.6 Å². The summed E-state index contributed by atoms with van der Waals surface area (Å²) in [7, 11) is 0. The van der Waals surface area contributed by atoms with Gasteiger partial charge in [0.15, 0.2) is 0 Å². The highest BCUT2D eigenvalue weighted by Gasteiger charge is 2.20. The Morgan fingerprint density at radius 1 is 1.21 bits per heavy atom. The Morgan fingerprint density at radius 3 is 2.81 bits per heavy atom. The summed E-state index contributed by atoms with van der Waals surface area (Å²) in [6.45, 7) is 8.03. The number of amides is 1. The lowest BCUT2D eigenvalue weighted by Crippen LogP contribution is -2.24. The van der Waals surface area contributed by atoms with Crippen molar-refractivity contribution in [1.82, 2.24) is 20.9 Å². The molecule has 2 aromatic heterocycles. The van der Waals surface area contributed by atoms with E-state index in [0.29, 0.717) is 49.4 Å². The summed E-state index contributed by atoms with van der Waals surface area (Å²) in [5.74, 6) is 2.54. The zero-order valence-electron chi connectivity index (χ0n) is 25.4. The molecular formula is C33H44N6O4. The van der Waals surface area contributed by atoms with Crippen LogP contribution >= 0.6 is 0 Å². The summed E-state index contributed by atoms with van der Waals surface area (Å²) in [6, 6.07) is 14.1. The predicted octanol–water partition coefficient (Wildman–Crippen LogP) is 4.80. The van der Waals surface area contributed by atoms with E-state index in [2.05, 4.69) is 43.4 Å². The molecule has 230 valence electrons. The van der Waals surface area contributed by atoms with Crippen molar-refractivity contribution in [2.45, 2.75) is 71.7 Å². The van der Waals surface area contributed by atoms with Crippen molar-refractivity contribution < 1.29 is 19.1 Å². The average Bonchev–Trinajstić information content (AvgIpc) is 3.73. The van der Waals surface area contributed by atoms with Crippen molar-refractivity contribution in [3.8, 4) is 5.75 Å². The average molecular weight is 589 g/mol. The highest BCUT2D eigenvalue weighted by Crippen LogP contribution is 2.27. The number of benzene rings is 1. The van der Waals surface area contributed by atoms with Crippen molar-refractivity contribution in [2.75, 3.05) is 25.1 Å². The Bertz CT molecular complexity index is 1380. The fourth-order valence-electron chi connectivity index (χ4n) is 4.48. The number of ether oxygens (including phenoxy) is 1. The van der Waals surface area contributed by atoms with Crippen molar-refractivity contribution in [3.63, 3.8) is 0 Å². The van der Waals surface area contributed by atoms with E-state index in [0.717, 1.165) is 41.2 Å². The fourth-order valence-corrected chi connectivity index (χ4v) is 4.48. The zero-order chi connectivity index (χ0) is 30.4. The maximum atomic E-state index is 13.0. The van der Waals surface area contributed by atoms with Gasteiger partial charge in [-0.3, -0.25) is 9.79 Å². The number of carbonyl (C=O) groups excluding carboxylic acids is 1. The minimum atomic E-state index is -0.233. The Kier molecular flexibility index (Phi) is 12.2. The third-order valence-electron chi connectivity index (χ3n) is 6.69. The topological polar surface area (TPSA) is 133 Å². The van der Waals surface area contributed by atoms with Crippen LogP contribution in [0.1, 0.15) is 72.5 Å². The lowest BCUT2D eigenvalue weighted by atomic mass is 10.00. The summed E-state index contributed by atoms with van der Waals surface area (Å²) in [6.07, 6.45) is 9.27. The van der Waals surface area contributed by atoms with Crippen LogP contribution in [0.5, 0.6) is 5.75 Å². The number of anilines is 1. The van der Waals surface area contributed by atoms with Gasteiger partial charge in [-0.2, -0.15) is 0 Å². The lowest BCUT2D eigenvalue weighted by Gasteiger charge is -2.17. The van der Waals surface area contributed by atoms with Crippen molar-refractivity contribution in [3.05, 3.63) is 83.1 Å². The second kappa shape index (κ2) is 16.5. The van der Waals surface area contributed by atoms with E-state index in [1.807, 2.05) is 45.2 Å². The lowest BCUT2D eigenvalue weighted by molar-refractivity contribution is 0.0948. The van der Waals surface area contributed by atoms with E-state index < -0.39 is 0 Å². The number of aliphatic hydroxyl groups is 1. The van der Waals surface area contributed by atoms with E-state index in [4.69, 9.17) is 14.3 Å². The Hall–Kier alpha value is -4.15. The second-order valence-corrected chi connectivity index (χ2v) is 10.9. The number of furan rings is 1. The maximum Gasteiger partial charge on any atom is 0.255 e. The molecule has 1 aromatic carbocycles. The van der Waals surface area contributed by atoms with E-state index >= 15 is 0 Å². The van der Waals surface area contributed by atoms with E-state index in [9.17, 15) is 4.79 Å². The summed E-state index contributed by atoms with van der Waals surface area (Å²) in [5.41, 5.74) is 3.63. The highest BCUT2D eigenvalue weighted by atomic mass is 16.5. The summed E-state index contributed by atoms with van der Waals surface area (Å²) >= 11 is 0. The number of rotatable bonds is 18. The molecule has 2 heterocycles. The molecule has 0 atom stereocenters. The minimum absolute atomic E-state index is 0.0167. The molecule has 0 saturated heterocycles. The molecule has 43 heavy (non-hydrogen) atoms. The molecular weight excluding hydrogens is 544 g/mol.